The van der Waals surface area contributed by atoms with E-state index in [-0.39, 0.29) is 16.3 Å². The van der Waals surface area contributed by atoms with Gasteiger partial charge < -0.3 is 9.29 Å². The van der Waals surface area contributed by atoms with Gasteiger partial charge in [0.1, 0.15) is 12.9 Å². The van der Waals surface area contributed by atoms with Crippen molar-refractivity contribution in [1.82, 2.24) is 0 Å². The van der Waals surface area contributed by atoms with E-state index in [2.05, 4.69) is 4.74 Å². The van der Waals surface area contributed by atoms with Gasteiger partial charge >= 0.3 is 23.8 Å². The first-order valence-corrected chi connectivity index (χ1v) is 10.4. The molecule has 36 heavy (non-hydrogen) atoms. The van der Waals surface area contributed by atoms with Gasteiger partial charge in [0.15, 0.2) is 10.1 Å². The first-order valence-electron chi connectivity index (χ1n) is 9.03. The lowest BCUT2D eigenvalue weighted by atomic mass is 10.0. The van der Waals surface area contributed by atoms with Crippen molar-refractivity contribution in [1.29, 1.82) is 0 Å². The number of carbonyl (C=O) groups excluding carboxylic acids is 1. The van der Waals surface area contributed by atoms with Crippen LogP contribution in [0.1, 0.15) is 10.4 Å². The Kier molecular flexibility index (Phi) is 7.81. The van der Waals surface area contributed by atoms with E-state index >= 15 is 0 Å². The van der Waals surface area contributed by atoms with Gasteiger partial charge in [-0.25, -0.2) is 17.6 Å². The van der Waals surface area contributed by atoms with Crippen molar-refractivity contribution < 1.29 is 71.0 Å². The molecule has 0 fully saturated rings. The summed E-state index contributed by atoms with van der Waals surface area (Å²) in [4.78, 5) is 12.4. The number of fused-ring (bicyclic) bond motifs is 2. The molecule has 6 nitrogen and oxygen atoms in total. The first-order chi connectivity index (χ1) is 16.2. The maximum Gasteiger partial charge on any atom is 0.485 e. The fourth-order valence-electron chi connectivity index (χ4n) is 2.96. The Morgan fingerprint density at radius 1 is 0.889 bits per heavy atom. The van der Waals surface area contributed by atoms with Crippen LogP contribution >= 0.6 is 0 Å². The molecule has 3 aromatic rings. The van der Waals surface area contributed by atoms with E-state index in [4.69, 9.17) is 13.0 Å². The molecule has 1 aromatic heterocycles. The highest BCUT2D eigenvalue weighted by molar-refractivity contribution is 7.86. The van der Waals surface area contributed by atoms with E-state index in [1.165, 1.54) is 28.8 Å². The third-order valence-corrected chi connectivity index (χ3v) is 5.00. The zero-order valence-electron chi connectivity index (χ0n) is 17.3. The zero-order chi connectivity index (χ0) is 27.9. The van der Waals surface area contributed by atoms with Crippen molar-refractivity contribution in [2.75, 3.05) is 0 Å². The molecule has 3 rings (SSSR count). The van der Waals surface area contributed by atoms with Gasteiger partial charge in [-0.1, -0.05) is 12.1 Å². The third kappa shape index (κ3) is 6.31. The van der Waals surface area contributed by atoms with Crippen LogP contribution < -0.4 is 4.57 Å². The average molecular weight is 555 g/mol. The van der Waals surface area contributed by atoms with Gasteiger partial charge in [-0.05, 0) is 18.2 Å². The average Bonchev–Trinajstić information content (AvgIpc) is 2.69. The third-order valence-electron chi connectivity index (χ3n) is 4.43. The summed E-state index contributed by atoms with van der Waals surface area (Å²) in [5.74, 6) is -2.67. The number of rotatable bonds is 2. The Labute approximate surface area is 194 Å². The Morgan fingerprint density at radius 2 is 1.36 bits per heavy atom. The van der Waals surface area contributed by atoms with Gasteiger partial charge in [-0.15, -0.1) is 0 Å². The molecular weight excluding hydrogens is 544 g/mol. The molecule has 0 spiro atoms. The lowest BCUT2D eigenvalue weighted by Gasteiger charge is -2.23. The highest BCUT2D eigenvalue weighted by atomic mass is 32.2. The van der Waals surface area contributed by atoms with E-state index in [0.29, 0.717) is 5.52 Å². The highest BCUT2D eigenvalue weighted by Crippen LogP contribution is 2.37. The number of aryl methyl sites for hydroxylation is 1. The predicted molar refractivity (Wildman–Crippen MR) is 99.7 cm³/mol. The van der Waals surface area contributed by atoms with Crippen LogP contribution in [0.25, 0.3) is 21.8 Å². The highest BCUT2D eigenvalue weighted by Gasteiger charge is 2.60. The Hall–Kier alpha value is -3.21. The van der Waals surface area contributed by atoms with Gasteiger partial charge in [0.05, 0.1) is 16.3 Å². The smallest absolute Gasteiger partial charge is 0.485 e. The van der Waals surface area contributed by atoms with E-state index in [1.54, 1.807) is 13.1 Å². The van der Waals surface area contributed by atoms with Crippen LogP contribution in [0.2, 0.25) is 0 Å². The van der Waals surface area contributed by atoms with Gasteiger partial charge in [0, 0.05) is 12.1 Å². The van der Waals surface area contributed by atoms with Crippen molar-refractivity contribution in [2.45, 2.75) is 24.0 Å². The molecule has 0 atom stereocenters. The summed E-state index contributed by atoms with van der Waals surface area (Å²) in [6, 6.07) is 9.02. The van der Waals surface area contributed by atoms with Crippen molar-refractivity contribution in [2.24, 2.45) is 7.05 Å². The molecule has 17 heteroatoms. The summed E-state index contributed by atoms with van der Waals surface area (Å²) in [7, 11) is -4.53. The molecule has 0 saturated heterocycles. The molecule has 0 N–H and O–H groups in total. The van der Waals surface area contributed by atoms with Crippen molar-refractivity contribution in [3.63, 3.8) is 0 Å². The van der Waals surface area contributed by atoms with E-state index in [0.717, 1.165) is 12.1 Å². The molecule has 0 amide bonds. The number of hydrogen-bond donors (Lipinski definition) is 0. The fraction of sp³-hybridized carbons (Fsp3) is 0.263. The molecule has 0 unspecified atom stereocenters. The van der Waals surface area contributed by atoms with E-state index in [1.807, 2.05) is 0 Å². The van der Waals surface area contributed by atoms with Crippen LogP contribution in [0.5, 0.6) is 0 Å². The van der Waals surface area contributed by atoms with Crippen LogP contribution in [0.3, 0.4) is 0 Å². The maximum atomic E-state index is 13.7. The number of alkyl halides is 9. The van der Waals surface area contributed by atoms with Crippen LogP contribution in [0, 0.1) is 5.82 Å². The SMILES string of the molecule is C[n+]1c2ccccc2c(C(=O)OC(C(F)(F)F)C(F)(F)F)c2cc(F)ccc21.O=S(=O)([O-])C(F)(F)F. The lowest BCUT2D eigenvalue weighted by molar-refractivity contribution is -0.617. The summed E-state index contributed by atoms with van der Waals surface area (Å²) < 4.78 is 155. The number of benzene rings is 2. The van der Waals surface area contributed by atoms with Crippen LogP contribution in [-0.4, -0.2) is 42.9 Å². The Morgan fingerprint density at radius 3 is 1.83 bits per heavy atom. The Balaban J connectivity index is 0.000000493. The minimum Gasteiger partial charge on any atom is -0.741 e. The topological polar surface area (TPSA) is 87.4 Å². The molecule has 0 saturated carbocycles. The molecule has 198 valence electrons. The van der Waals surface area contributed by atoms with Gasteiger partial charge in [-0.3, -0.25) is 0 Å². The zero-order valence-corrected chi connectivity index (χ0v) is 18.1. The second kappa shape index (κ2) is 9.68. The lowest BCUT2D eigenvalue weighted by Crippen LogP contribution is -2.45. The number of nitrogens with zero attached hydrogens (tertiary/aromatic N) is 1. The number of ether oxygens (including phenoxy) is 1. The maximum absolute atomic E-state index is 13.7. The molecular formula is C19H11F10NO5S. The molecule has 0 bridgehead atoms. The minimum absolute atomic E-state index is 0.0243. The van der Waals surface area contributed by atoms with E-state index < -0.39 is 51.4 Å². The molecule has 0 aliphatic heterocycles. The van der Waals surface area contributed by atoms with Crippen molar-refractivity contribution in [3.8, 4) is 0 Å². The monoisotopic (exact) mass is 555 g/mol. The number of esters is 1. The van der Waals surface area contributed by atoms with Crippen LogP contribution in [0.15, 0.2) is 42.5 Å². The molecule has 0 aliphatic rings. The van der Waals surface area contributed by atoms with Crippen LogP contribution in [0.4, 0.5) is 43.9 Å². The molecule has 0 radical (unpaired) electrons. The number of para-hydroxylation sites is 1. The van der Waals surface area contributed by atoms with Gasteiger partial charge in [0.25, 0.3) is 6.10 Å². The first kappa shape index (κ1) is 29.0. The standard InChI is InChI=1S/C18H11F7NO2.CHF3O3S/c1-26-12-5-3-2-4-10(12)14(11-8-9(19)6-7-13(11)26)15(27)28-16(17(20,21)22)18(23,24)25;2-1(3,4)8(5,6)7/h2-8,16H,1H3;(H,5,6,7)/q+1;/p-1. The summed E-state index contributed by atoms with van der Waals surface area (Å²) in [6.45, 7) is 0. The van der Waals surface area contributed by atoms with E-state index in [9.17, 15) is 48.7 Å². The minimum atomic E-state index is -6.09. The van der Waals surface area contributed by atoms with Gasteiger partial charge in [0.2, 0.25) is 11.0 Å². The fourth-order valence-corrected chi connectivity index (χ4v) is 2.96. The van der Waals surface area contributed by atoms with Crippen LogP contribution in [-0.2, 0) is 21.9 Å². The summed E-state index contributed by atoms with van der Waals surface area (Å²) >= 11 is 0. The number of halogens is 10. The molecule has 0 aliphatic carbocycles. The molecule has 1 heterocycles. The quantitative estimate of drug-likeness (QED) is 0.115. The predicted octanol–water partition coefficient (Wildman–Crippen LogP) is 4.66. The number of carbonyl (C=O) groups is 1. The van der Waals surface area contributed by atoms with Crippen molar-refractivity contribution in [3.05, 3.63) is 53.8 Å². The summed E-state index contributed by atoms with van der Waals surface area (Å²) in [6.07, 6.45) is -16.0. The number of aromatic nitrogens is 1. The number of hydrogen-bond acceptors (Lipinski definition) is 5. The largest absolute Gasteiger partial charge is 0.741 e. The second-order valence-corrected chi connectivity index (χ2v) is 8.25. The summed E-state index contributed by atoms with van der Waals surface area (Å²) in [5.41, 5.74) is -5.67. The second-order valence-electron chi connectivity index (χ2n) is 6.88. The van der Waals surface area contributed by atoms with Crippen molar-refractivity contribution >= 4 is 37.9 Å². The molecule has 2 aromatic carbocycles. The van der Waals surface area contributed by atoms with Gasteiger partial charge in [-0.2, -0.15) is 44.1 Å². The Bertz CT molecular complexity index is 1380. The summed E-state index contributed by atoms with van der Waals surface area (Å²) in [5, 5.41) is -0.148. The normalized spacial score (nSPS) is 13.0. The number of pyridine rings is 1.